The molecular weight excluding hydrogens is 210 g/mol. The number of benzene rings is 1. The van der Waals surface area contributed by atoms with Gasteiger partial charge in [0, 0.05) is 16.6 Å². The highest BCUT2D eigenvalue weighted by Crippen LogP contribution is 2.15. The summed E-state index contributed by atoms with van der Waals surface area (Å²) in [6.45, 7) is 4.01. The van der Waals surface area contributed by atoms with Gasteiger partial charge in [0.25, 0.3) is 0 Å². The largest absolute Gasteiger partial charge is 0.326 e. The predicted molar refractivity (Wildman–Crippen MR) is 64.2 cm³/mol. The minimum absolute atomic E-state index is 0.0608. The molecule has 0 aliphatic rings. The molecule has 1 unspecified atom stereocenters. The van der Waals surface area contributed by atoms with Gasteiger partial charge < -0.3 is 5.32 Å². The average molecular weight is 226 g/mol. The smallest absolute Gasteiger partial charge is 0.227 e. The molecule has 1 amide bonds. The molecule has 15 heavy (non-hydrogen) atoms. The van der Waals surface area contributed by atoms with E-state index >= 15 is 0 Å². The van der Waals surface area contributed by atoms with Crippen LogP contribution in [0.1, 0.15) is 26.7 Å². The Morgan fingerprint density at radius 3 is 2.53 bits per heavy atom. The Morgan fingerprint density at radius 1 is 1.40 bits per heavy atom. The first-order chi connectivity index (χ1) is 7.13. The average Bonchev–Trinajstić information content (AvgIpc) is 2.22. The van der Waals surface area contributed by atoms with Crippen LogP contribution in [0.5, 0.6) is 0 Å². The summed E-state index contributed by atoms with van der Waals surface area (Å²) in [6.07, 6.45) is 1.94. The van der Waals surface area contributed by atoms with Gasteiger partial charge in [-0.25, -0.2) is 0 Å². The van der Waals surface area contributed by atoms with Crippen molar-refractivity contribution in [2.24, 2.45) is 5.92 Å². The van der Waals surface area contributed by atoms with Gasteiger partial charge in [0.15, 0.2) is 0 Å². The Bertz CT molecular complexity index is 321. The van der Waals surface area contributed by atoms with E-state index in [1.165, 1.54) is 0 Å². The Hall–Kier alpha value is -1.02. The molecule has 0 saturated heterocycles. The van der Waals surface area contributed by atoms with Crippen LogP contribution in [0.4, 0.5) is 5.69 Å². The van der Waals surface area contributed by atoms with E-state index in [2.05, 4.69) is 12.2 Å². The van der Waals surface area contributed by atoms with Gasteiger partial charge in [-0.1, -0.05) is 31.9 Å². The lowest BCUT2D eigenvalue weighted by Crippen LogP contribution is -2.20. The number of amides is 1. The molecule has 1 aromatic carbocycles. The molecule has 1 atom stereocenters. The highest BCUT2D eigenvalue weighted by molar-refractivity contribution is 6.30. The van der Waals surface area contributed by atoms with E-state index in [0.29, 0.717) is 5.02 Å². The van der Waals surface area contributed by atoms with Gasteiger partial charge in [-0.15, -0.1) is 0 Å². The third kappa shape index (κ3) is 3.92. The molecule has 0 radical (unpaired) electrons. The van der Waals surface area contributed by atoms with E-state index < -0.39 is 0 Å². The zero-order valence-electron chi connectivity index (χ0n) is 9.09. The van der Waals surface area contributed by atoms with E-state index in [1.807, 2.05) is 6.92 Å². The molecule has 1 N–H and O–H groups in total. The summed E-state index contributed by atoms with van der Waals surface area (Å²) in [4.78, 5) is 11.6. The molecule has 0 fully saturated rings. The fourth-order valence-electron chi connectivity index (χ4n) is 1.36. The van der Waals surface area contributed by atoms with E-state index in [-0.39, 0.29) is 11.8 Å². The van der Waals surface area contributed by atoms with Gasteiger partial charge in [0.1, 0.15) is 0 Å². The van der Waals surface area contributed by atoms with E-state index in [0.717, 1.165) is 18.5 Å². The topological polar surface area (TPSA) is 29.1 Å². The summed E-state index contributed by atoms with van der Waals surface area (Å²) < 4.78 is 0. The Morgan fingerprint density at radius 2 is 2.00 bits per heavy atom. The minimum Gasteiger partial charge on any atom is -0.326 e. The van der Waals surface area contributed by atoms with Gasteiger partial charge >= 0.3 is 0 Å². The number of hydrogen-bond donors (Lipinski definition) is 1. The highest BCUT2D eigenvalue weighted by Gasteiger charge is 2.11. The molecule has 0 aliphatic carbocycles. The normalized spacial score (nSPS) is 12.2. The van der Waals surface area contributed by atoms with Crippen molar-refractivity contribution in [3.05, 3.63) is 29.3 Å². The van der Waals surface area contributed by atoms with Crippen molar-refractivity contribution in [3.8, 4) is 0 Å². The molecule has 0 aromatic heterocycles. The lowest BCUT2D eigenvalue weighted by Gasteiger charge is -2.10. The molecule has 3 heteroatoms. The number of nitrogens with one attached hydrogen (secondary N) is 1. The van der Waals surface area contributed by atoms with Crippen molar-refractivity contribution in [2.45, 2.75) is 26.7 Å². The Balaban J connectivity index is 2.54. The van der Waals surface area contributed by atoms with Gasteiger partial charge in [0.2, 0.25) is 5.91 Å². The Labute approximate surface area is 95.6 Å². The number of hydrogen-bond acceptors (Lipinski definition) is 1. The molecule has 0 saturated carbocycles. The van der Waals surface area contributed by atoms with Crippen LogP contribution < -0.4 is 5.32 Å². The van der Waals surface area contributed by atoms with Crippen LogP contribution >= 0.6 is 11.6 Å². The van der Waals surface area contributed by atoms with Crippen LogP contribution in [-0.4, -0.2) is 5.91 Å². The fraction of sp³-hybridized carbons (Fsp3) is 0.417. The first-order valence-electron chi connectivity index (χ1n) is 5.20. The van der Waals surface area contributed by atoms with E-state index in [1.54, 1.807) is 24.3 Å². The second kappa shape index (κ2) is 5.76. The second-order valence-electron chi connectivity index (χ2n) is 3.69. The zero-order valence-corrected chi connectivity index (χ0v) is 9.84. The fourth-order valence-corrected chi connectivity index (χ4v) is 1.49. The maximum atomic E-state index is 11.6. The molecular formula is C12H16ClNO. The molecule has 0 spiro atoms. The third-order valence-electron chi connectivity index (χ3n) is 2.28. The first-order valence-corrected chi connectivity index (χ1v) is 5.57. The Kier molecular flexibility index (Phi) is 4.63. The van der Waals surface area contributed by atoms with Crippen LogP contribution in [0.15, 0.2) is 24.3 Å². The molecule has 0 bridgehead atoms. The third-order valence-corrected chi connectivity index (χ3v) is 2.53. The van der Waals surface area contributed by atoms with Gasteiger partial charge in [-0.05, 0) is 30.7 Å². The lowest BCUT2D eigenvalue weighted by atomic mass is 10.1. The lowest BCUT2D eigenvalue weighted by molar-refractivity contribution is -0.119. The quantitative estimate of drug-likeness (QED) is 0.832. The summed E-state index contributed by atoms with van der Waals surface area (Å²) in [5, 5.41) is 3.53. The molecule has 0 heterocycles. The van der Waals surface area contributed by atoms with E-state index in [4.69, 9.17) is 11.6 Å². The van der Waals surface area contributed by atoms with Gasteiger partial charge in [-0.3, -0.25) is 4.79 Å². The van der Waals surface area contributed by atoms with Crippen LogP contribution in [0.2, 0.25) is 5.02 Å². The monoisotopic (exact) mass is 225 g/mol. The van der Waals surface area contributed by atoms with Crippen molar-refractivity contribution in [1.29, 1.82) is 0 Å². The van der Waals surface area contributed by atoms with Crippen molar-refractivity contribution < 1.29 is 4.79 Å². The van der Waals surface area contributed by atoms with Crippen LogP contribution in [0.3, 0.4) is 0 Å². The summed E-state index contributed by atoms with van der Waals surface area (Å²) in [7, 11) is 0. The maximum Gasteiger partial charge on any atom is 0.227 e. The number of rotatable bonds is 4. The standard InChI is InChI=1S/C12H16ClNO/c1-3-4-9(2)12(15)14-11-7-5-10(13)6-8-11/h5-9H,3-4H2,1-2H3,(H,14,15). The van der Waals surface area contributed by atoms with Crippen molar-refractivity contribution in [1.82, 2.24) is 0 Å². The SMILES string of the molecule is CCCC(C)C(=O)Nc1ccc(Cl)cc1. The van der Waals surface area contributed by atoms with Crippen LogP contribution in [0.25, 0.3) is 0 Å². The van der Waals surface area contributed by atoms with Crippen LogP contribution in [-0.2, 0) is 4.79 Å². The maximum absolute atomic E-state index is 11.6. The van der Waals surface area contributed by atoms with Crippen molar-refractivity contribution in [3.63, 3.8) is 0 Å². The van der Waals surface area contributed by atoms with Gasteiger partial charge in [-0.2, -0.15) is 0 Å². The summed E-state index contributed by atoms with van der Waals surface area (Å²) in [6, 6.07) is 7.14. The first kappa shape index (κ1) is 12.1. The molecule has 2 nitrogen and oxygen atoms in total. The van der Waals surface area contributed by atoms with Crippen LogP contribution in [0, 0.1) is 5.92 Å². The summed E-state index contributed by atoms with van der Waals surface area (Å²) in [5.41, 5.74) is 0.798. The van der Waals surface area contributed by atoms with E-state index in [9.17, 15) is 4.79 Å². The van der Waals surface area contributed by atoms with Gasteiger partial charge in [0.05, 0.1) is 0 Å². The number of anilines is 1. The molecule has 1 rings (SSSR count). The van der Waals surface area contributed by atoms with Crippen molar-refractivity contribution >= 4 is 23.2 Å². The molecule has 82 valence electrons. The molecule has 1 aromatic rings. The highest BCUT2D eigenvalue weighted by atomic mass is 35.5. The zero-order chi connectivity index (χ0) is 11.3. The number of halogens is 1. The molecule has 0 aliphatic heterocycles. The summed E-state index contributed by atoms with van der Waals surface area (Å²) in [5.74, 6) is 0.129. The number of carbonyl (C=O) groups excluding carboxylic acids is 1. The second-order valence-corrected chi connectivity index (χ2v) is 4.12. The van der Waals surface area contributed by atoms with Crippen molar-refractivity contribution in [2.75, 3.05) is 5.32 Å². The predicted octanol–water partition coefficient (Wildman–Crippen LogP) is 3.71. The number of carbonyl (C=O) groups is 1. The minimum atomic E-state index is 0.0608. The summed E-state index contributed by atoms with van der Waals surface area (Å²) >= 11 is 5.75.